The highest BCUT2D eigenvalue weighted by atomic mass is 16.2. The molecule has 0 spiro atoms. The summed E-state index contributed by atoms with van der Waals surface area (Å²) in [4.78, 5) is 11.9. The maximum atomic E-state index is 11.9. The van der Waals surface area contributed by atoms with Crippen molar-refractivity contribution in [3.8, 4) is 0 Å². The Labute approximate surface area is 88.6 Å². The molecule has 0 saturated heterocycles. The lowest BCUT2D eigenvalue weighted by Crippen LogP contribution is -2.40. The summed E-state index contributed by atoms with van der Waals surface area (Å²) >= 11 is 0. The number of amides is 1. The topological polar surface area (TPSA) is 72.9 Å². The van der Waals surface area contributed by atoms with Crippen LogP contribution in [0.3, 0.4) is 0 Å². The Morgan fingerprint density at radius 2 is 2.47 bits per heavy atom. The van der Waals surface area contributed by atoms with Crippen LogP contribution in [-0.4, -0.2) is 21.7 Å². The molecule has 1 aromatic rings. The molecule has 2 rings (SSSR count). The Kier molecular flexibility index (Phi) is 2.62. The van der Waals surface area contributed by atoms with Gasteiger partial charge in [0.25, 0.3) is 5.91 Å². The number of aromatic nitrogens is 2. The fourth-order valence-corrected chi connectivity index (χ4v) is 1.69. The van der Waals surface area contributed by atoms with E-state index < -0.39 is 0 Å². The van der Waals surface area contributed by atoms with Gasteiger partial charge in [0.15, 0.2) is 0 Å². The normalized spacial score (nSPS) is 16.1. The van der Waals surface area contributed by atoms with Gasteiger partial charge in [-0.25, -0.2) is 0 Å². The van der Waals surface area contributed by atoms with Gasteiger partial charge in [0, 0.05) is 12.6 Å². The molecule has 0 radical (unpaired) electrons. The van der Waals surface area contributed by atoms with Crippen LogP contribution < -0.4 is 11.1 Å². The summed E-state index contributed by atoms with van der Waals surface area (Å²) in [6, 6.07) is 0.331. The van der Waals surface area contributed by atoms with Crippen molar-refractivity contribution >= 4 is 11.6 Å². The molecule has 5 nitrogen and oxygen atoms in total. The number of anilines is 1. The van der Waals surface area contributed by atoms with Gasteiger partial charge in [-0.3, -0.25) is 9.48 Å². The molecule has 1 amide bonds. The van der Waals surface area contributed by atoms with E-state index in [1.54, 1.807) is 4.68 Å². The van der Waals surface area contributed by atoms with E-state index in [9.17, 15) is 4.79 Å². The molecule has 0 atom stereocenters. The molecule has 3 N–H and O–H groups in total. The number of hydrogen-bond donors (Lipinski definition) is 2. The van der Waals surface area contributed by atoms with Gasteiger partial charge in [-0.05, 0) is 26.2 Å². The molecule has 1 aliphatic carbocycles. The van der Waals surface area contributed by atoms with Crippen LogP contribution >= 0.6 is 0 Å². The fraction of sp³-hybridized carbons (Fsp3) is 0.600. The van der Waals surface area contributed by atoms with E-state index >= 15 is 0 Å². The van der Waals surface area contributed by atoms with Crippen molar-refractivity contribution in [2.45, 2.75) is 38.8 Å². The summed E-state index contributed by atoms with van der Waals surface area (Å²) in [5.74, 6) is -0.100. The van der Waals surface area contributed by atoms with Crippen molar-refractivity contribution in [2.75, 3.05) is 5.73 Å². The first-order chi connectivity index (χ1) is 7.22. The first kappa shape index (κ1) is 10.0. The number of nitrogens with two attached hydrogens (primary N) is 1. The minimum absolute atomic E-state index is 0.100. The molecule has 0 unspecified atom stereocenters. The second-order valence-corrected chi connectivity index (χ2v) is 3.87. The summed E-state index contributed by atoms with van der Waals surface area (Å²) in [6.45, 7) is 2.59. The lowest BCUT2D eigenvalue weighted by molar-refractivity contribution is 0.0907. The molecule has 15 heavy (non-hydrogen) atoms. The van der Waals surface area contributed by atoms with Crippen molar-refractivity contribution in [2.24, 2.45) is 0 Å². The molecular weight excluding hydrogens is 192 g/mol. The minimum atomic E-state index is -0.100. The van der Waals surface area contributed by atoms with Crippen molar-refractivity contribution in [3.63, 3.8) is 0 Å². The molecule has 1 heterocycles. The Morgan fingerprint density at radius 3 is 3.00 bits per heavy atom. The number of hydrogen-bond acceptors (Lipinski definition) is 3. The summed E-state index contributed by atoms with van der Waals surface area (Å²) < 4.78 is 1.63. The lowest BCUT2D eigenvalue weighted by atomic mass is 9.93. The highest BCUT2D eigenvalue weighted by Gasteiger charge is 2.23. The van der Waals surface area contributed by atoms with Gasteiger partial charge in [0.1, 0.15) is 5.69 Å². The van der Waals surface area contributed by atoms with Crippen molar-refractivity contribution < 1.29 is 4.79 Å². The van der Waals surface area contributed by atoms with Crippen LogP contribution in [0.5, 0.6) is 0 Å². The quantitative estimate of drug-likeness (QED) is 0.770. The standard InChI is InChI=1S/C10H16N4O/c1-2-14-9(8(11)6-12-14)10(15)13-7-4-3-5-7/h6-7H,2-5,11H2,1H3,(H,13,15). The van der Waals surface area contributed by atoms with E-state index in [1.807, 2.05) is 6.92 Å². The van der Waals surface area contributed by atoms with Crippen LogP contribution in [0.2, 0.25) is 0 Å². The molecule has 1 saturated carbocycles. The van der Waals surface area contributed by atoms with Gasteiger partial charge >= 0.3 is 0 Å². The van der Waals surface area contributed by atoms with Gasteiger partial charge < -0.3 is 11.1 Å². The molecule has 82 valence electrons. The molecule has 0 aliphatic heterocycles. The monoisotopic (exact) mass is 208 g/mol. The first-order valence-electron chi connectivity index (χ1n) is 5.34. The third-order valence-corrected chi connectivity index (χ3v) is 2.82. The van der Waals surface area contributed by atoms with E-state index in [0.29, 0.717) is 24.0 Å². The van der Waals surface area contributed by atoms with Crippen molar-refractivity contribution in [1.82, 2.24) is 15.1 Å². The van der Waals surface area contributed by atoms with E-state index in [4.69, 9.17) is 5.73 Å². The lowest BCUT2D eigenvalue weighted by Gasteiger charge is -2.26. The zero-order valence-corrected chi connectivity index (χ0v) is 8.86. The molecule has 0 aromatic carbocycles. The molecular formula is C10H16N4O. The van der Waals surface area contributed by atoms with Crippen LogP contribution in [0, 0.1) is 0 Å². The Balaban J connectivity index is 2.12. The van der Waals surface area contributed by atoms with Gasteiger partial charge in [0.2, 0.25) is 0 Å². The van der Waals surface area contributed by atoms with Gasteiger partial charge in [-0.1, -0.05) is 0 Å². The van der Waals surface area contributed by atoms with Crippen LogP contribution in [0.4, 0.5) is 5.69 Å². The smallest absolute Gasteiger partial charge is 0.271 e. The fourth-order valence-electron chi connectivity index (χ4n) is 1.69. The average Bonchev–Trinajstić information content (AvgIpc) is 2.53. The van der Waals surface area contributed by atoms with Crippen LogP contribution in [0.25, 0.3) is 0 Å². The predicted octanol–water partition coefficient (Wildman–Crippen LogP) is 0.767. The predicted molar refractivity (Wildman–Crippen MR) is 57.4 cm³/mol. The molecule has 1 aliphatic rings. The Morgan fingerprint density at radius 1 is 1.73 bits per heavy atom. The number of rotatable bonds is 3. The Hall–Kier alpha value is -1.52. The zero-order chi connectivity index (χ0) is 10.8. The third kappa shape index (κ3) is 1.82. The number of nitrogens with one attached hydrogen (secondary N) is 1. The van der Waals surface area contributed by atoms with E-state index in [1.165, 1.54) is 12.6 Å². The van der Waals surface area contributed by atoms with Crippen molar-refractivity contribution in [1.29, 1.82) is 0 Å². The summed E-state index contributed by atoms with van der Waals surface area (Å²) in [7, 11) is 0. The van der Waals surface area contributed by atoms with Crippen LogP contribution in [0.1, 0.15) is 36.7 Å². The van der Waals surface area contributed by atoms with Gasteiger partial charge in [-0.15, -0.1) is 0 Å². The molecule has 5 heteroatoms. The van der Waals surface area contributed by atoms with Crippen LogP contribution in [0.15, 0.2) is 6.20 Å². The second kappa shape index (κ2) is 3.92. The maximum Gasteiger partial charge on any atom is 0.271 e. The van der Waals surface area contributed by atoms with Crippen LogP contribution in [-0.2, 0) is 6.54 Å². The molecule has 1 aromatic heterocycles. The van der Waals surface area contributed by atoms with Gasteiger partial charge in [-0.2, -0.15) is 5.10 Å². The zero-order valence-electron chi connectivity index (χ0n) is 8.86. The first-order valence-corrected chi connectivity index (χ1v) is 5.34. The highest BCUT2D eigenvalue weighted by Crippen LogP contribution is 2.19. The third-order valence-electron chi connectivity index (χ3n) is 2.82. The van der Waals surface area contributed by atoms with Crippen molar-refractivity contribution in [3.05, 3.63) is 11.9 Å². The maximum absolute atomic E-state index is 11.9. The summed E-state index contributed by atoms with van der Waals surface area (Å²) in [6.07, 6.45) is 4.88. The highest BCUT2D eigenvalue weighted by molar-refractivity contribution is 5.97. The minimum Gasteiger partial charge on any atom is -0.396 e. The second-order valence-electron chi connectivity index (χ2n) is 3.87. The largest absolute Gasteiger partial charge is 0.396 e. The SMILES string of the molecule is CCn1ncc(N)c1C(=O)NC1CCC1. The number of carbonyl (C=O) groups is 1. The van der Waals surface area contributed by atoms with E-state index in [2.05, 4.69) is 10.4 Å². The molecule has 1 fully saturated rings. The Bertz CT molecular complexity index is 367. The van der Waals surface area contributed by atoms with E-state index in [-0.39, 0.29) is 5.91 Å². The number of nitrogen functional groups attached to an aromatic ring is 1. The average molecular weight is 208 g/mol. The summed E-state index contributed by atoms with van der Waals surface area (Å²) in [5, 5.41) is 6.99. The summed E-state index contributed by atoms with van der Waals surface area (Å²) in [5.41, 5.74) is 6.65. The molecule has 0 bridgehead atoms. The van der Waals surface area contributed by atoms with Gasteiger partial charge in [0.05, 0.1) is 11.9 Å². The van der Waals surface area contributed by atoms with E-state index in [0.717, 1.165) is 12.8 Å². The number of nitrogens with zero attached hydrogens (tertiary/aromatic N) is 2. The number of carbonyl (C=O) groups excluding carboxylic acids is 1. The number of aryl methyl sites for hydroxylation is 1.